The molecule has 0 atom stereocenters. The first kappa shape index (κ1) is 27.8. The average Bonchev–Trinajstić information content (AvgIpc) is 3.20. The van der Waals surface area contributed by atoms with Crippen LogP contribution in [0.3, 0.4) is 0 Å². The molecule has 1 heterocycles. The lowest BCUT2D eigenvalue weighted by Gasteiger charge is -2.28. The van der Waals surface area contributed by atoms with Crippen LogP contribution in [0.5, 0.6) is 0 Å². The molecule has 0 aliphatic carbocycles. The number of amides is 1. The summed E-state index contributed by atoms with van der Waals surface area (Å²) < 4.78 is 0. The van der Waals surface area contributed by atoms with Gasteiger partial charge in [-0.3, -0.25) is 4.79 Å². The maximum absolute atomic E-state index is 12.6. The highest BCUT2D eigenvalue weighted by atomic mass is 16.1. The van der Waals surface area contributed by atoms with Gasteiger partial charge in [0.25, 0.3) is 0 Å². The minimum atomic E-state index is -0.178. The zero-order valence-corrected chi connectivity index (χ0v) is 23.1. The molecule has 3 rings (SSSR count). The Hall–Kier alpha value is -2.77. The number of hydrogen-bond acceptors (Lipinski definition) is 5. The second-order valence-corrected chi connectivity index (χ2v) is 12.3. The monoisotopic (exact) mass is 492 g/mol. The van der Waals surface area contributed by atoms with E-state index in [4.69, 9.17) is 5.73 Å². The van der Waals surface area contributed by atoms with Crippen molar-refractivity contribution in [3.63, 3.8) is 0 Å². The molecule has 2 aromatic carbocycles. The van der Waals surface area contributed by atoms with Gasteiger partial charge in [0.1, 0.15) is 11.0 Å². The highest BCUT2D eigenvalue weighted by Crippen LogP contribution is 2.27. The van der Waals surface area contributed by atoms with Crippen LogP contribution < -0.4 is 16.4 Å². The van der Waals surface area contributed by atoms with Crippen molar-refractivity contribution in [2.24, 2.45) is 5.73 Å². The summed E-state index contributed by atoms with van der Waals surface area (Å²) in [4.78, 5) is 14.3. The third-order valence-electron chi connectivity index (χ3n) is 6.45. The number of carbonyl (C=O) groups excluding carboxylic acids is 1. The molecule has 3 aromatic rings. The third kappa shape index (κ3) is 8.42. The number of aryl methyl sites for hydroxylation is 1. The fourth-order valence-electron chi connectivity index (χ4n) is 4.01. The summed E-state index contributed by atoms with van der Waals surface area (Å²) in [5, 5.41) is 16.0. The Bertz CT molecular complexity index is 1130. The van der Waals surface area contributed by atoms with Gasteiger partial charge in [-0.1, -0.05) is 39.0 Å². The lowest BCUT2D eigenvalue weighted by Crippen LogP contribution is -2.45. The Morgan fingerprint density at radius 1 is 0.917 bits per heavy atom. The van der Waals surface area contributed by atoms with Gasteiger partial charge in [-0.05, 0) is 94.3 Å². The first-order valence-corrected chi connectivity index (χ1v) is 13.0. The SMILES string of the molecule is CC(C)(N)CCNC(C)(C)CCNC(=O)CCc1cc(-n2nc3ccccc3n2)cc(C(C)(C)C)c1. The van der Waals surface area contributed by atoms with E-state index in [-0.39, 0.29) is 22.4 Å². The molecule has 0 unspecified atom stereocenters. The van der Waals surface area contributed by atoms with Crippen LogP contribution in [-0.2, 0) is 16.6 Å². The van der Waals surface area contributed by atoms with E-state index < -0.39 is 0 Å². The van der Waals surface area contributed by atoms with Gasteiger partial charge < -0.3 is 16.4 Å². The highest BCUT2D eigenvalue weighted by molar-refractivity contribution is 5.76. The number of carbonyl (C=O) groups is 1. The molecule has 4 N–H and O–H groups in total. The molecule has 0 saturated carbocycles. The standard InChI is InChI=1S/C29H44N6O/c1-27(2,3)22-18-21(19-23(20-22)35-33-24-10-8-9-11-25(24)34-35)12-13-26(36)31-16-15-29(6,7)32-17-14-28(4,5)30/h8-11,18-20,32H,12-17,30H2,1-7H3,(H,31,36). The summed E-state index contributed by atoms with van der Waals surface area (Å²) in [5.41, 5.74) is 10.8. The van der Waals surface area contributed by atoms with Crippen molar-refractivity contribution in [3.05, 3.63) is 53.6 Å². The largest absolute Gasteiger partial charge is 0.356 e. The van der Waals surface area contributed by atoms with Gasteiger partial charge >= 0.3 is 0 Å². The number of nitrogens with zero attached hydrogens (tertiary/aromatic N) is 3. The Balaban J connectivity index is 1.60. The molecule has 0 bridgehead atoms. The second-order valence-electron chi connectivity index (χ2n) is 12.3. The summed E-state index contributed by atoms with van der Waals surface area (Å²) in [7, 11) is 0. The number of hydrogen-bond donors (Lipinski definition) is 3. The first-order chi connectivity index (χ1) is 16.7. The van der Waals surface area contributed by atoms with E-state index in [9.17, 15) is 4.79 Å². The fourth-order valence-corrected chi connectivity index (χ4v) is 4.01. The number of nitrogens with one attached hydrogen (secondary N) is 2. The molecular weight excluding hydrogens is 448 g/mol. The van der Waals surface area contributed by atoms with E-state index in [2.05, 4.69) is 73.6 Å². The van der Waals surface area contributed by atoms with Crippen LogP contribution in [0, 0.1) is 0 Å². The molecule has 0 spiro atoms. The smallest absolute Gasteiger partial charge is 0.220 e. The normalized spacial score (nSPS) is 12.8. The van der Waals surface area contributed by atoms with Crippen LogP contribution in [-0.4, -0.2) is 45.1 Å². The van der Waals surface area contributed by atoms with Crippen LogP contribution >= 0.6 is 0 Å². The molecule has 1 aromatic heterocycles. The molecule has 0 aliphatic rings. The predicted molar refractivity (Wildman–Crippen MR) is 148 cm³/mol. The Labute approximate surface area is 216 Å². The van der Waals surface area contributed by atoms with Gasteiger partial charge in [-0.15, -0.1) is 10.2 Å². The molecule has 0 radical (unpaired) electrons. The van der Waals surface area contributed by atoms with Crippen molar-refractivity contribution in [2.45, 2.75) is 90.6 Å². The van der Waals surface area contributed by atoms with Crippen molar-refractivity contribution in [1.29, 1.82) is 0 Å². The van der Waals surface area contributed by atoms with Gasteiger partial charge in [0, 0.05) is 24.0 Å². The number of rotatable bonds is 11. The maximum atomic E-state index is 12.6. The summed E-state index contributed by atoms with van der Waals surface area (Å²) in [6.07, 6.45) is 2.86. The van der Waals surface area contributed by atoms with Crippen molar-refractivity contribution < 1.29 is 4.79 Å². The van der Waals surface area contributed by atoms with Crippen molar-refractivity contribution in [3.8, 4) is 5.69 Å². The number of aromatic nitrogens is 3. The van der Waals surface area contributed by atoms with E-state index >= 15 is 0 Å². The number of nitrogens with two attached hydrogens (primary N) is 1. The minimum absolute atomic E-state index is 0.0305. The molecule has 0 fully saturated rings. The van der Waals surface area contributed by atoms with Crippen LogP contribution in [0.1, 0.15) is 78.9 Å². The minimum Gasteiger partial charge on any atom is -0.356 e. The first-order valence-electron chi connectivity index (χ1n) is 13.0. The summed E-state index contributed by atoms with van der Waals surface area (Å²) in [6, 6.07) is 14.3. The molecule has 36 heavy (non-hydrogen) atoms. The molecule has 0 aliphatic heterocycles. The van der Waals surface area contributed by atoms with Crippen LogP contribution in [0.2, 0.25) is 0 Å². The van der Waals surface area contributed by atoms with Gasteiger partial charge in [0.15, 0.2) is 0 Å². The van der Waals surface area contributed by atoms with E-state index in [0.29, 0.717) is 19.4 Å². The van der Waals surface area contributed by atoms with Gasteiger partial charge in [-0.25, -0.2) is 0 Å². The molecular formula is C29H44N6O. The number of fused-ring (bicyclic) bond motifs is 1. The molecule has 0 saturated heterocycles. The lowest BCUT2D eigenvalue weighted by molar-refractivity contribution is -0.121. The quantitative estimate of drug-likeness (QED) is 0.362. The molecule has 7 nitrogen and oxygen atoms in total. The number of benzene rings is 2. The second kappa shape index (κ2) is 11.1. The van der Waals surface area contributed by atoms with Crippen LogP contribution in [0.15, 0.2) is 42.5 Å². The zero-order chi connectivity index (χ0) is 26.6. The fraction of sp³-hybridized carbons (Fsp3) is 0.552. The summed E-state index contributed by atoms with van der Waals surface area (Å²) in [6.45, 7) is 16.5. The van der Waals surface area contributed by atoms with Crippen LogP contribution in [0.4, 0.5) is 0 Å². The van der Waals surface area contributed by atoms with Crippen molar-refractivity contribution in [2.75, 3.05) is 13.1 Å². The topological polar surface area (TPSA) is 97.9 Å². The van der Waals surface area contributed by atoms with E-state index in [1.165, 1.54) is 5.56 Å². The van der Waals surface area contributed by atoms with Gasteiger partial charge in [-0.2, -0.15) is 4.80 Å². The van der Waals surface area contributed by atoms with Crippen molar-refractivity contribution >= 4 is 16.9 Å². The average molecular weight is 493 g/mol. The highest BCUT2D eigenvalue weighted by Gasteiger charge is 2.20. The third-order valence-corrected chi connectivity index (χ3v) is 6.45. The summed E-state index contributed by atoms with van der Waals surface area (Å²) in [5.74, 6) is 0.0690. The summed E-state index contributed by atoms with van der Waals surface area (Å²) >= 11 is 0. The predicted octanol–water partition coefficient (Wildman–Crippen LogP) is 4.65. The maximum Gasteiger partial charge on any atom is 0.220 e. The van der Waals surface area contributed by atoms with Crippen molar-refractivity contribution in [1.82, 2.24) is 25.6 Å². The Kier molecular flexibility index (Phi) is 8.57. The zero-order valence-electron chi connectivity index (χ0n) is 23.1. The van der Waals surface area contributed by atoms with Crippen LogP contribution in [0.25, 0.3) is 16.7 Å². The van der Waals surface area contributed by atoms with E-state index in [1.54, 1.807) is 4.80 Å². The molecule has 196 valence electrons. The lowest BCUT2D eigenvalue weighted by atomic mass is 9.85. The Morgan fingerprint density at radius 2 is 1.56 bits per heavy atom. The molecule has 7 heteroatoms. The van der Waals surface area contributed by atoms with E-state index in [1.807, 2.05) is 38.1 Å². The van der Waals surface area contributed by atoms with Gasteiger partial charge in [0.2, 0.25) is 5.91 Å². The van der Waals surface area contributed by atoms with Gasteiger partial charge in [0.05, 0.1) is 5.69 Å². The molecule has 1 amide bonds. The van der Waals surface area contributed by atoms with E-state index in [0.717, 1.165) is 41.7 Å². The Morgan fingerprint density at radius 3 is 2.14 bits per heavy atom.